The van der Waals surface area contributed by atoms with Crippen molar-refractivity contribution in [3.05, 3.63) is 71.7 Å². The fraction of sp³-hybridized carbons (Fsp3) is 0.333. The minimum absolute atomic E-state index is 0.519. The van der Waals surface area contributed by atoms with E-state index < -0.39 is 0 Å². The molecule has 0 spiro atoms. The van der Waals surface area contributed by atoms with Crippen LogP contribution >= 0.6 is 0 Å². The Morgan fingerprint density at radius 3 is 2.53 bits per heavy atom. The van der Waals surface area contributed by atoms with E-state index in [9.17, 15) is 0 Å². The molecule has 0 radical (unpaired) electrons. The second-order valence-corrected chi connectivity index (χ2v) is 5.27. The van der Waals surface area contributed by atoms with E-state index >= 15 is 0 Å². The summed E-state index contributed by atoms with van der Waals surface area (Å²) in [7, 11) is 0. The topological polar surface area (TPSA) is 13.1 Å². The quantitative estimate of drug-likeness (QED) is 0.664. The van der Waals surface area contributed by atoms with Gasteiger partial charge in [-0.2, -0.15) is 0 Å². The van der Waals surface area contributed by atoms with Crippen LogP contribution in [0.1, 0.15) is 30.4 Å². The summed E-state index contributed by atoms with van der Waals surface area (Å²) in [5.41, 5.74) is 2.65. The number of allylic oxidation sites excluding steroid dienone is 1. The molecule has 1 atom stereocenters. The molecule has 0 aliphatic heterocycles. The molecule has 0 bridgehead atoms. The molecule has 2 rings (SSSR count). The minimum atomic E-state index is 0.519. The molecule has 1 aromatic heterocycles. The highest BCUT2D eigenvalue weighted by Crippen LogP contribution is 2.21. The lowest BCUT2D eigenvalue weighted by Gasteiger charge is -2.13. The standard InChI is InChI=1S/C18H22O/c1-14(9-11-17-7-5-4-6-8-17)15(2)13-18-12-10-16(3)19-18/h4-8,10,12,14H,2,9,11,13H2,1,3H3. The van der Waals surface area contributed by atoms with Crippen molar-refractivity contribution in [2.75, 3.05) is 0 Å². The molecule has 0 N–H and O–H groups in total. The zero-order chi connectivity index (χ0) is 13.7. The smallest absolute Gasteiger partial charge is 0.108 e. The zero-order valence-electron chi connectivity index (χ0n) is 11.9. The van der Waals surface area contributed by atoms with Gasteiger partial charge in [-0.1, -0.05) is 49.4 Å². The normalized spacial score (nSPS) is 12.3. The van der Waals surface area contributed by atoms with Crippen LogP contribution < -0.4 is 0 Å². The first-order valence-corrected chi connectivity index (χ1v) is 6.92. The molecule has 0 saturated heterocycles. The van der Waals surface area contributed by atoms with E-state index in [2.05, 4.69) is 43.8 Å². The summed E-state index contributed by atoms with van der Waals surface area (Å²) in [4.78, 5) is 0. The number of aryl methyl sites for hydroxylation is 2. The molecule has 0 fully saturated rings. The third-order valence-corrected chi connectivity index (χ3v) is 3.60. The van der Waals surface area contributed by atoms with Gasteiger partial charge in [-0.3, -0.25) is 0 Å². The highest BCUT2D eigenvalue weighted by molar-refractivity contribution is 5.17. The van der Waals surface area contributed by atoms with Gasteiger partial charge in [0.25, 0.3) is 0 Å². The van der Waals surface area contributed by atoms with Crippen molar-refractivity contribution in [2.45, 2.75) is 33.1 Å². The average molecular weight is 254 g/mol. The maximum absolute atomic E-state index is 5.61. The number of rotatable bonds is 6. The summed E-state index contributed by atoms with van der Waals surface area (Å²) < 4.78 is 5.61. The summed E-state index contributed by atoms with van der Waals surface area (Å²) in [5, 5.41) is 0. The van der Waals surface area contributed by atoms with E-state index in [1.807, 2.05) is 19.1 Å². The summed E-state index contributed by atoms with van der Waals surface area (Å²) in [6.45, 7) is 8.44. The molecule has 2 aromatic rings. The van der Waals surface area contributed by atoms with Crippen LogP contribution in [-0.4, -0.2) is 0 Å². The number of hydrogen-bond acceptors (Lipinski definition) is 1. The molecule has 1 nitrogen and oxygen atoms in total. The maximum atomic E-state index is 5.61. The molecular formula is C18H22O. The lowest BCUT2D eigenvalue weighted by atomic mass is 9.92. The first-order valence-electron chi connectivity index (χ1n) is 6.92. The van der Waals surface area contributed by atoms with Gasteiger partial charge in [0, 0.05) is 6.42 Å². The second-order valence-electron chi connectivity index (χ2n) is 5.27. The van der Waals surface area contributed by atoms with E-state index in [0.29, 0.717) is 5.92 Å². The van der Waals surface area contributed by atoms with Crippen molar-refractivity contribution in [1.29, 1.82) is 0 Å². The number of hydrogen-bond donors (Lipinski definition) is 0. The third-order valence-electron chi connectivity index (χ3n) is 3.60. The van der Waals surface area contributed by atoms with Crippen LogP contribution in [0.25, 0.3) is 0 Å². The van der Waals surface area contributed by atoms with E-state index in [0.717, 1.165) is 30.8 Å². The van der Waals surface area contributed by atoms with Crippen molar-refractivity contribution >= 4 is 0 Å². The van der Waals surface area contributed by atoms with Gasteiger partial charge in [0.05, 0.1) is 0 Å². The van der Waals surface area contributed by atoms with Gasteiger partial charge in [-0.05, 0) is 43.4 Å². The molecule has 0 amide bonds. The van der Waals surface area contributed by atoms with Gasteiger partial charge < -0.3 is 4.42 Å². The van der Waals surface area contributed by atoms with Crippen molar-refractivity contribution in [2.24, 2.45) is 5.92 Å². The zero-order valence-corrected chi connectivity index (χ0v) is 11.9. The predicted molar refractivity (Wildman–Crippen MR) is 80.2 cm³/mol. The average Bonchev–Trinajstić information content (AvgIpc) is 2.82. The Bertz CT molecular complexity index is 522. The molecule has 1 heteroatoms. The summed E-state index contributed by atoms with van der Waals surface area (Å²) in [6.07, 6.45) is 3.10. The van der Waals surface area contributed by atoms with Crippen molar-refractivity contribution < 1.29 is 4.42 Å². The third kappa shape index (κ3) is 4.13. The van der Waals surface area contributed by atoms with Crippen LogP contribution in [0.2, 0.25) is 0 Å². The van der Waals surface area contributed by atoms with Gasteiger partial charge >= 0.3 is 0 Å². The Labute approximate surface area is 116 Å². The number of furan rings is 1. The molecule has 0 aliphatic rings. The predicted octanol–water partition coefficient (Wildman–Crippen LogP) is 4.96. The first kappa shape index (κ1) is 13.7. The molecule has 19 heavy (non-hydrogen) atoms. The van der Waals surface area contributed by atoms with Gasteiger partial charge in [0.2, 0.25) is 0 Å². The van der Waals surface area contributed by atoms with Crippen molar-refractivity contribution in [3.63, 3.8) is 0 Å². The molecule has 1 aromatic carbocycles. The molecule has 0 aliphatic carbocycles. The van der Waals surface area contributed by atoms with Gasteiger partial charge in [0.15, 0.2) is 0 Å². The van der Waals surface area contributed by atoms with Crippen LogP contribution in [0.3, 0.4) is 0 Å². The van der Waals surface area contributed by atoms with E-state index in [-0.39, 0.29) is 0 Å². The van der Waals surface area contributed by atoms with Crippen molar-refractivity contribution in [3.8, 4) is 0 Å². The Balaban J connectivity index is 1.82. The van der Waals surface area contributed by atoms with Crippen LogP contribution in [0.15, 0.2) is 59.0 Å². The molecule has 1 heterocycles. The molecule has 100 valence electrons. The highest BCUT2D eigenvalue weighted by Gasteiger charge is 2.09. The van der Waals surface area contributed by atoms with Crippen LogP contribution in [0.5, 0.6) is 0 Å². The maximum Gasteiger partial charge on any atom is 0.108 e. The molecule has 0 saturated carbocycles. The van der Waals surface area contributed by atoms with Crippen LogP contribution in [0, 0.1) is 12.8 Å². The van der Waals surface area contributed by atoms with Crippen molar-refractivity contribution in [1.82, 2.24) is 0 Å². The Morgan fingerprint density at radius 2 is 1.89 bits per heavy atom. The highest BCUT2D eigenvalue weighted by atomic mass is 16.3. The van der Waals surface area contributed by atoms with Gasteiger partial charge in [-0.15, -0.1) is 0 Å². The number of benzene rings is 1. The Morgan fingerprint density at radius 1 is 1.16 bits per heavy atom. The molecular weight excluding hydrogens is 232 g/mol. The minimum Gasteiger partial charge on any atom is -0.466 e. The fourth-order valence-corrected chi connectivity index (χ4v) is 2.21. The van der Waals surface area contributed by atoms with Gasteiger partial charge in [-0.25, -0.2) is 0 Å². The Kier molecular flexibility index (Phi) is 4.62. The van der Waals surface area contributed by atoms with Gasteiger partial charge in [0.1, 0.15) is 11.5 Å². The largest absolute Gasteiger partial charge is 0.466 e. The van der Waals surface area contributed by atoms with E-state index in [4.69, 9.17) is 4.42 Å². The first-order chi connectivity index (χ1) is 9.15. The summed E-state index contributed by atoms with van der Waals surface area (Å²) in [6, 6.07) is 14.7. The molecule has 1 unspecified atom stereocenters. The van der Waals surface area contributed by atoms with Crippen LogP contribution in [0.4, 0.5) is 0 Å². The Hall–Kier alpha value is -1.76. The lowest BCUT2D eigenvalue weighted by molar-refractivity contribution is 0.480. The lowest BCUT2D eigenvalue weighted by Crippen LogP contribution is -2.03. The second kappa shape index (κ2) is 6.42. The van der Waals surface area contributed by atoms with E-state index in [1.54, 1.807) is 0 Å². The summed E-state index contributed by atoms with van der Waals surface area (Å²) >= 11 is 0. The fourth-order valence-electron chi connectivity index (χ4n) is 2.21. The monoisotopic (exact) mass is 254 g/mol. The summed E-state index contributed by atoms with van der Waals surface area (Å²) in [5.74, 6) is 2.51. The van der Waals surface area contributed by atoms with Crippen LogP contribution in [-0.2, 0) is 12.8 Å². The SMILES string of the molecule is C=C(Cc1ccc(C)o1)C(C)CCc1ccccc1. The van der Waals surface area contributed by atoms with E-state index in [1.165, 1.54) is 11.1 Å².